The van der Waals surface area contributed by atoms with Crippen LogP contribution in [0, 0.1) is 5.82 Å². The van der Waals surface area contributed by atoms with Crippen LogP contribution in [0.2, 0.25) is 0 Å². The van der Waals surface area contributed by atoms with Crippen molar-refractivity contribution in [2.24, 2.45) is 0 Å². The minimum absolute atomic E-state index is 0.291. The molecule has 0 amide bonds. The molecule has 0 bridgehead atoms. The Labute approximate surface area is 107 Å². The van der Waals surface area contributed by atoms with E-state index in [0.717, 1.165) is 5.56 Å². The van der Waals surface area contributed by atoms with Gasteiger partial charge < -0.3 is 5.11 Å². The highest BCUT2D eigenvalue weighted by Gasteiger charge is 2.10. The van der Waals surface area contributed by atoms with Crippen molar-refractivity contribution in [3.05, 3.63) is 71.0 Å². The third kappa shape index (κ3) is 2.77. The van der Waals surface area contributed by atoms with Crippen molar-refractivity contribution in [1.29, 1.82) is 0 Å². The predicted molar refractivity (Wildman–Crippen MR) is 71.0 cm³/mol. The number of aliphatic hydroxyl groups excluding tert-OH is 1. The van der Waals surface area contributed by atoms with Gasteiger partial charge in [-0.2, -0.15) is 0 Å². The van der Waals surface area contributed by atoms with Gasteiger partial charge in [0.25, 0.3) is 0 Å². The average Bonchev–Trinajstić information content (AvgIpc) is 2.39. The quantitative estimate of drug-likeness (QED) is 0.864. The Morgan fingerprint density at radius 3 is 1.61 bits per heavy atom. The molecule has 0 aliphatic rings. The first-order valence-corrected chi connectivity index (χ1v) is 6.11. The molecule has 0 saturated heterocycles. The van der Waals surface area contributed by atoms with E-state index in [9.17, 15) is 9.50 Å². The van der Waals surface area contributed by atoms with Crippen molar-refractivity contribution in [3.8, 4) is 0 Å². The van der Waals surface area contributed by atoms with Crippen molar-refractivity contribution < 1.29 is 9.50 Å². The van der Waals surface area contributed by atoms with Crippen LogP contribution in [0.1, 0.15) is 42.6 Å². The molecule has 2 aromatic rings. The van der Waals surface area contributed by atoms with Crippen LogP contribution < -0.4 is 0 Å². The van der Waals surface area contributed by atoms with Crippen LogP contribution in [-0.2, 0) is 0 Å². The number of hydrogen-bond acceptors (Lipinski definition) is 1. The summed E-state index contributed by atoms with van der Waals surface area (Å²) in [7, 11) is 0. The topological polar surface area (TPSA) is 20.2 Å². The summed E-state index contributed by atoms with van der Waals surface area (Å²) >= 11 is 0. The zero-order valence-corrected chi connectivity index (χ0v) is 10.6. The lowest BCUT2D eigenvalue weighted by molar-refractivity contribution is 0.220. The molecule has 1 nitrogen and oxygen atoms in total. The van der Waals surface area contributed by atoms with E-state index in [2.05, 4.69) is 13.8 Å². The van der Waals surface area contributed by atoms with Crippen molar-refractivity contribution in [3.63, 3.8) is 0 Å². The highest BCUT2D eigenvalue weighted by Crippen LogP contribution is 2.24. The second kappa shape index (κ2) is 5.32. The van der Waals surface area contributed by atoms with Crippen LogP contribution in [0.25, 0.3) is 0 Å². The summed E-state index contributed by atoms with van der Waals surface area (Å²) in [5, 5.41) is 10.2. The maximum absolute atomic E-state index is 12.8. The molecule has 94 valence electrons. The summed E-state index contributed by atoms with van der Waals surface area (Å²) in [5.74, 6) is 0.183. The maximum atomic E-state index is 12.8. The highest BCUT2D eigenvalue weighted by molar-refractivity contribution is 5.32. The van der Waals surface area contributed by atoms with Gasteiger partial charge in [0.1, 0.15) is 11.9 Å². The summed E-state index contributed by atoms with van der Waals surface area (Å²) in [4.78, 5) is 0. The fraction of sp³-hybridized carbons (Fsp3) is 0.250. The van der Waals surface area contributed by atoms with E-state index in [1.54, 1.807) is 12.1 Å². The Hall–Kier alpha value is -1.67. The summed E-state index contributed by atoms with van der Waals surface area (Å²) in [6.07, 6.45) is -0.702. The van der Waals surface area contributed by atoms with Gasteiger partial charge >= 0.3 is 0 Å². The molecule has 0 saturated carbocycles. The molecule has 2 heteroatoms. The van der Waals surface area contributed by atoms with Crippen LogP contribution in [0.5, 0.6) is 0 Å². The van der Waals surface area contributed by atoms with Crippen LogP contribution >= 0.6 is 0 Å². The summed E-state index contributed by atoms with van der Waals surface area (Å²) < 4.78 is 12.8. The minimum atomic E-state index is -0.702. The molecule has 18 heavy (non-hydrogen) atoms. The molecule has 2 aromatic carbocycles. The monoisotopic (exact) mass is 244 g/mol. The molecule has 0 fully saturated rings. The first kappa shape index (κ1) is 12.8. The Kier molecular flexibility index (Phi) is 3.78. The lowest BCUT2D eigenvalue weighted by Gasteiger charge is -2.13. The predicted octanol–water partition coefficient (Wildman–Crippen LogP) is 4.03. The van der Waals surface area contributed by atoms with Crippen LogP contribution in [-0.4, -0.2) is 5.11 Å². The third-order valence-electron chi connectivity index (χ3n) is 3.10. The zero-order valence-electron chi connectivity index (χ0n) is 10.6. The third-order valence-corrected chi connectivity index (χ3v) is 3.10. The van der Waals surface area contributed by atoms with Gasteiger partial charge in [0.15, 0.2) is 0 Å². The Morgan fingerprint density at radius 2 is 1.17 bits per heavy atom. The normalized spacial score (nSPS) is 12.7. The average molecular weight is 244 g/mol. The molecule has 0 aliphatic heterocycles. The molecule has 0 aliphatic carbocycles. The molecule has 1 N–H and O–H groups in total. The molecule has 0 aromatic heterocycles. The molecular formula is C16H17FO. The second-order valence-electron chi connectivity index (χ2n) is 4.78. The minimum Gasteiger partial charge on any atom is -0.384 e. The van der Waals surface area contributed by atoms with Crippen molar-refractivity contribution in [2.75, 3.05) is 0 Å². The van der Waals surface area contributed by atoms with E-state index in [0.29, 0.717) is 11.5 Å². The van der Waals surface area contributed by atoms with Gasteiger partial charge in [-0.3, -0.25) is 0 Å². The number of halogens is 1. The first-order valence-electron chi connectivity index (χ1n) is 6.11. The molecule has 0 heterocycles. The molecule has 0 radical (unpaired) electrons. The maximum Gasteiger partial charge on any atom is 0.123 e. The van der Waals surface area contributed by atoms with Gasteiger partial charge in [-0.15, -0.1) is 0 Å². The van der Waals surface area contributed by atoms with Crippen LogP contribution in [0.3, 0.4) is 0 Å². The lowest BCUT2D eigenvalue weighted by Crippen LogP contribution is -2.00. The van der Waals surface area contributed by atoms with E-state index in [1.165, 1.54) is 17.7 Å². The van der Waals surface area contributed by atoms with Gasteiger partial charge in [-0.25, -0.2) is 4.39 Å². The fourth-order valence-corrected chi connectivity index (χ4v) is 1.90. The smallest absolute Gasteiger partial charge is 0.123 e. The fourth-order valence-electron chi connectivity index (χ4n) is 1.90. The van der Waals surface area contributed by atoms with Crippen molar-refractivity contribution in [1.82, 2.24) is 0 Å². The molecular weight excluding hydrogens is 227 g/mol. The van der Waals surface area contributed by atoms with Crippen molar-refractivity contribution >= 4 is 0 Å². The van der Waals surface area contributed by atoms with Crippen LogP contribution in [0.15, 0.2) is 48.5 Å². The van der Waals surface area contributed by atoms with Gasteiger partial charge in [0.2, 0.25) is 0 Å². The SMILES string of the molecule is CC(C)c1ccc([C@@H](O)c2ccc(F)cc2)cc1. The zero-order chi connectivity index (χ0) is 13.1. The van der Waals surface area contributed by atoms with E-state index < -0.39 is 6.10 Å². The number of hydrogen-bond donors (Lipinski definition) is 1. The first-order chi connectivity index (χ1) is 8.58. The second-order valence-corrected chi connectivity index (χ2v) is 4.78. The van der Waals surface area contributed by atoms with E-state index in [-0.39, 0.29) is 5.82 Å². The Bertz CT molecular complexity index is 500. The van der Waals surface area contributed by atoms with Gasteiger partial charge in [0, 0.05) is 0 Å². The Balaban J connectivity index is 2.23. The Morgan fingerprint density at radius 1 is 0.778 bits per heavy atom. The summed E-state index contributed by atoms with van der Waals surface area (Å²) in [6.45, 7) is 4.26. The van der Waals surface area contributed by atoms with Gasteiger partial charge in [-0.05, 0) is 34.7 Å². The largest absolute Gasteiger partial charge is 0.384 e. The summed E-state index contributed by atoms with van der Waals surface area (Å²) in [5.41, 5.74) is 2.77. The standard InChI is InChI=1S/C16H17FO/c1-11(2)12-3-5-13(6-4-12)16(18)14-7-9-15(17)10-8-14/h3-11,16,18H,1-2H3/t16-/m1/s1. The molecule has 1 atom stereocenters. The van der Waals surface area contributed by atoms with Gasteiger partial charge in [-0.1, -0.05) is 50.2 Å². The number of rotatable bonds is 3. The highest BCUT2D eigenvalue weighted by atomic mass is 19.1. The lowest BCUT2D eigenvalue weighted by atomic mass is 9.97. The van der Waals surface area contributed by atoms with E-state index in [1.807, 2.05) is 24.3 Å². The van der Waals surface area contributed by atoms with Crippen molar-refractivity contribution in [2.45, 2.75) is 25.9 Å². The van der Waals surface area contributed by atoms with Crippen LogP contribution in [0.4, 0.5) is 4.39 Å². The van der Waals surface area contributed by atoms with E-state index in [4.69, 9.17) is 0 Å². The molecule has 2 rings (SSSR count). The van der Waals surface area contributed by atoms with Gasteiger partial charge in [0.05, 0.1) is 0 Å². The molecule has 0 spiro atoms. The number of benzene rings is 2. The van der Waals surface area contributed by atoms with E-state index >= 15 is 0 Å². The summed E-state index contributed by atoms with van der Waals surface area (Å²) in [6, 6.07) is 13.8. The number of aliphatic hydroxyl groups is 1. The molecule has 0 unspecified atom stereocenters.